The molecular weight excluding hydrogens is 362 g/mol. The molecule has 5 heteroatoms. The molecule has 1 fully saturated rings. The molecule has 5 nitrogen and oxygen atoms in total. The van der Waals surface area contributed by atoms with Crippen molar-refractivity contribution in [1.29, 1.82) is 5.26 Å². The highest BCUT2D eigenvalue weighted by Crippen LogP contribution is 2.24. The van der Waals surface area contributed by atoms with Crippen molar-refractivity contribution in [2.45, 2.75) is 25.5 Å². The maximum atomic E-state index is 12.5. The minimum atomic E-state index is -0.358. The van der Waals surface area contributed by atoms with E-state index in [1.165, 1.54) is 5.56 Å². The SMILES string of the molecule is N#C/C(=C/c1cn(Cc2ccccc2)c2ccccc12)C(=O)NCC1CCCO1. The Morgan fingerprint density at radius 1 is 1.21 bits per heavy atom. The van der Waals surface area contributed by atoms with Gasteiger partial charge in [0.15, 0.2) is 0 Å². The molecule has 146 valence electrons. The van der Waals surface area contributed by atoms with Crippen LogP contribution in [0.4, 0.5) is 0 Å². The van der Waals surface area contributed by atoms with Gasteiger partial charge < -0.3 is 14.6 Å². The molecule has 29 heavy (non-hydrogen) atoms. The van der Waals surface area contributed by atoms with E-state index in [0.717, 1.165) is 42.5 Å². The summed E-state index contributed by atoms with van der Waals surface area (Å²) in [5.74, 6) is -0.358. The van der Waals surface area contributed by atoms with Gasteiger partial charge in [0.1, 0.15) is 11.6 Å². The number of carbonyl (C=O) groups excluding carboxylic acids is 1. The van der Waals surface area contributed by atoms with Crippen LogP contribution in [0.15, 0.2) is 66.4 Å². The summed E-state index contributed by atoms with van der Waals surface area (Å²) in [5, 5.41) is 13.4. The molecule has 1 aliphatic rings. The molecule has 1 amide bonds. The van der Waals surface area contributed by atoms with Gasteiger partial charge in [-0.2, -0.15) is 5.26 Å². The number of fused-ring (bicyclic) bond motifs is 1. The van der Waals surface area contributed by atoms with E-state index in [2.05, 4.69) is 28.1 Å². The molecule has 1 atom stereocenters. The predicted molar refractivity (Wildman–Crippen MR) is 113 cm³/mol. The maximum absolute atomic E-state index is 12.5. The van der Waals surface area contributed by atoms with Gasteiger partial charge >= 0.3 is 0 Å². The van der Waals surface area contributed by atoms with E-state index in [1.54, 1.807) is 6.08 Å². The summed E-state index contributed by atoms with van der Waals surface area (Å²) in [6, 6.07) is 20.3. The van der Waals surface area contributed by atoms with E-state index in [-0.39, 0.29) is 17.6 Å². The average molecular weight is 385 g/mol. The summed E-state index contributed by atoms with van der Waals surface area (Å²) in [6.07, 6.45) is 5.69. The van der Waals surface area contributed by atoms with Crippen molar-refractivity contribution < 1.29 is 9.53 Å². The zero-order valence-corrected chi connectivity index (χ0v) is 16.2. The minimum Gasteiger partial charge on any atom is -0.376 e. The number of nitriles is 1. The Morgan fingerprint density at radius 3 is 2.76 bits per heavy atom. The largest absolute Gasteiger partial charge is 0.376 e. The first-order valence-electron chi connectivity index (χ1n) is 9.88. The van der Waals surface area contributed by atoms with Gasteiger partial charge in [-0.15, -0.1) is 0 Å². The number of hydrogen-bond acceptors (Lipinski definition) is 3. The summed E-state index contributed by atoms with van der Waals surface area (Å²) in [4.78, 5) is 12.5. The molecular formula is C24H23N3O2. The fourth-order valence-corrected chi connectivity index (χ4v) is 3.71. The van der Waals surface area contributed by atoms with Crippen molar-refractivity contribution in [3.63, 3.8) is 0 Å². The van der Waals surface area contributed by atoms with Crippen LogP contribution in [0, 0.1) is 11.3 Å². The Hall–Kier alpha value is -3.36. The second-order valence-corrected chi connectivity index (χ2v) is 7.23. The molecule has 0 aliphatic carbocycles. The van der Waals surface area contributed by atoms with Crippen molar-refractivity contribution in [3.8, 4) is 6.07 Å². The van der Waals surface area contributed by atoms with E-state index < -0.39 is 0 Å². The quantitative estimate of drug-likeness (QED) is 0.517. The van der Waals surface area contributed by atoms with Crippen LogP contribution in [0.1, 0.15) is 24.0 Å². The standard InChI is InChI=1S/C24H23N3O2/c25-14-19(24(28)26-15-21-9-6-12-29-21)13-20-17-27(16-18-7-2-1-3-8-18)23-11-5-4-10-22(20)23/h1-5,7-8,10-11,13,17,21H,6,9,12,15-16H2,(H,26,28)/b19-13-. The zero-order valence-electron chi connectivity index (χ0n) is 16.2. The predicted octanol–water partition coefficient (Wildman–Crippen LogP) is 3.89. The van der Waals surface area contributed by atoms with Crippen LogP contribution in [0.3, 0.4) is 0 Å². The molecule has 0 spiro atoms. The first kappa shape index (κ1) is 19.0. The number of nitrogens with one attached hydrogen (secondary N) is 1. The molecule has 3 aromatic rings. The van der Waals surface area contributed by atoms with Crippen molar-refractivity contribution >= 4 is 22.9 Å². The highest BCUT2D eigenvalue weighted by Gasteiger charge is 2.18. The maximum Gasteiger partial charge on any atom is 0.262 e. The van der Waals surface area contributed by atoms with E-state index in [4.69, 9.17) is 4.74 Å². The van der Waals surface area contributed by atoms with Crippen molar-refractivity contribution in [2.75, 3.05) is 13.2 Å². The fraction of sp³-hybridized carbons (Fsp3) is 0.250. The van der Waals surface area contributed by atoms with Gasteiger partial charge in [0.2, 0.25) is 0 Å². The first-order valence-corrected chi connectivity index (χ1v) is 9.88. The topological polar surface area (TPSA) is 67.0 Å². The van der Waals surface area contributed by atoms with Gasteiger partial charge in [0.25, 0.3) is 5.91 Å². The lowest BCUT2D eigenvalue weighted by molar-refractivity contribution is -0.117. The summed E-state index contributed by atoms with van der Waals surface area (Å²) in [6.45, 7) is 1.90. The number of nitrogens with zero attached hydrogens (tertiary/aromatic N) is 2. The Morgan fingerprint density at radius 2 is 2.00 bits per heavy atom. The monoisotopic (exact) mass is 385 g/mol. The van der Waals surface area contributed by atoms with Crippen molar-refractivity contribution in [2.24, 2.45) is 0 Å². The number of benzene rings is 2. The van der Waals surface area contributed by atoms with Crippen LogP contribution in [-0.4, -0.2) is 29.7 Å². The number of amides is 1. The van der Waals surface area contributed by atoms with Crippen molar-refractivity contribution in [1.82, 2.24) is 9.88 Å². The lowest BCUT2D eigenvalue weighted by Crippen LogP contribution is -2.32. The van der Waals surface area contributed by atoms with E-state index in [0.29, 0.717) is 6.54 Å². The third kappa shape index (κ3) is 4.39. The van der Waals surface area contributed by atoms with Gasteiger partial charge in [0, 0.05) is 42.4 Å². The number of hydrogen-bond donors (Lipinski definition) is 1. The number of para-hydroxylation sites is 1. The number of ether oxygens (including phenoxy) is 1. The normalized spacial score (nSPS) is 16.7. The third-order valence-corrected chi connectivity index (χ3v) is 5.19. The summed E-state index contributed by atoms with van der Waals surface area (Å²) < 4.78 is 7.68. The van der Waals surface area contributed by atoms with Crippen LogP contribution in [0.25, 0.3) is 17.0 Å². The van der Waals surface area contributed by atoms with Crippen LogP contribution < -0.4 is 5.32 Å². The van der Waals surface area contributed by atoms with Gasteiger partial charge in [-0.05, 0) is 30.5 Å². The highest BCUT2D eigenvalue weighted by molar-refractivity contribution is 6.04. The van der Waals surface area contributed by atoms with E-state index in [9.17, 15) is 10.1 Å². The molecule has 0 saturated carbocycles. The second kappa shape index (κ2) is 8.76. The molecule has 2 aromatic carbocycles. The number of aromatic nitrogens is 1. The highest BCUT2D eigenvalue weighted by atomic mass is 16.5. The molecule has 1 unspecified atom stereocenters. The van der Waals surface area contributed by atoms with Crippen LogP contribution in [0.2, 0.25) is 0 Å². The van der Waals surface area contributed by atoms with Crippen molar-refractivity contribution in [3.05, 3.63) is 77.5 Å². The number of carbonyl (C=O) groups is 1. The smallest absolute Gasteiger partial charge is 0.262 e. The molecule has 1 aliphatic heterocycles. The Labute approximate surface area is 170 Å². The minimum absolute atomic E-state index is 0.0479. The second-order valence-electron chi connectivity index (χ2n) is 7.23. The lowest BCUT2D eigenvalue weighted by Gasteiger charge is -2.10. The third-order valence-electron chi connectivity index (χ3n) is 5.19. The van der Waals surface area contributed by atoms with E-state index >= 15 is 0 Å². The summed E-state index contributed by atoms with van der Waals surface area (Å²) in [5.41, 5.74) is 3.23. The van der Waals surface area contributed by atoms with Gasteiger partial charge in [-0.3, -0.25) is 4.79 Å². The first-order chi connectivity index (χ1) is 14.2. The van der Waals surface area contributed by atoms with E-state index in [1.807, 2.05) is 48.7 Å². The summed E-state index contributed by atoms with van der Waals surface area (Å²) in [7, 11) is 0. The molecule has 0 radical (unpaired) electrons. The molecule has 1 aromatic heterocycles. The van der Waals surface area contributed by atoms with Crippen LogP contribution >= 0.6 is 0 Å². The van der Waals surface area contributed by atoms with Gasteiger partial charge in [-0.25, -0.2) is 0 Å². The lowest BCUT2D eigenvalue weighted by atomic mass is 10.1. The number of rotatable bonds is 6. The Balaban J connectivity index is 1.60. The molecule has 1 N–H and O–H groups in total. The molecule has 2 heterocycles. The molecule has 0 bridgehead atoms. The molecule has 1 saturated heterocycles. The Kier molecular flexibility index (Phi) is 5.73. The zero-order chi connectivity index (χ0) is 20.1. The van der Waals surface area contributed by atoms with Gasteiger partial charge in [-0.1, -0.05) is 48.5 Å². The summed E-state index contributed by atoms with van der Waals surface area (Å²) >= 11 is 0. The average Bonchev–Trinajstić information content (AvgIpc) is 3.40. The molecule has 4 rings (SSSR count). The van der Waals surface area contributed by atoms with Crippen LogP contribution in [-0.2, 0) is 16.1 Å². The van der Waals surface area contributed by atoms with Crippen LogP contribution in [0.5, 0.6) is 0 Å². The Bertz CT molecular complexity index is 1070. The van der Waals surface area contributed by atoms with Gasteiger partial charge in [0.05, 0.1) is 6.10 Å². The fourth-order valence-electron chi connectivity index (χ4n) is 3.71.